The van der Waals surface area contributed by atoms with Crippen LogP contribution in [0.2, 0.25) is 0 Å². The highest BCUT2D eigenvalue weighted by molar-refractivity contribution is 5.98. The lowest BCUT2D eigenvalue weighted by atomic mass is 9.95. The van der Waals surface area contributed by atoms with Gasteiger partial charge in [-0.25, -0.2) is 14.6 Å². The number of pyridine rings is 1. The zero-order valence-corrected chi connectivity index (χ0v) is 11.5. The third-order valence-corrected chi connectivity index (χ3v) is 3.69. The van der Waals surface area contributed by atoms with Gasteiger partial charge in [0.15, 0.2) is 5.69 Å². The summed E-state index contributed by atoms with van der Waals surface area (Å²) in [5.41, 5.74) is 0.0885. The largest absolute Gasteiger partial charge is 0.476 e. The van der Waals surface area contributed by atoms with E-state index >= 15 is 0 Å². The van der Waals surface area contributed by atoms with E-state index in [1.807, 2.05) is 0 Å². The monoisotopic (exact) mass is 277 g/mol. The van der Waals surface area contributed by atoms with Crippen molar-refractivity contribution in [3.63, 3.8) is 0 Å². The molecule has 2 N–H and O–H groups in total. The molecule has 1 saturated carbocycles. The van der Waals surface area contributed by atoms with Gasteiger partial charge >= 0.3 is 12.0 Å². The average molecular weight is 277 g/mol. The van der Waals surface area contributed by atoms with Gasteiger partial charge in [-0.3, -0.25) is 0 Å². The highest BCUT2D eigenvalue weighted by atomic mass is 16.4. The van der Waals surface area contributed by atoms with Crippen LogP contribution in [0.25, 0.3) is 0 Å². The van der Waals surface area contributed by atoms with Crippen molar-refractivity contribution in [1.82, 2.24) is 9.88 Å². The number of carboxylic acid groups (broad SMARTS) is 1. The van der Waals surface area contributed by atoms with Gasteiger partial charge in [0.2, 0.25) is 0 Å². The number of hydrogen-bond acceptors (Lipinski definition) is 3. The number of carbonyl (C=O) groups excluding carboxylic acids is 1. The number of aromatic nitrogens is 1. The number of anilines is 1. The van der Waals surface area contributed by atoms with Crippen molar-refractivity contribution < 1.29 is 14.7 Å². The molecule has 0 atom stereocenters. The summed E-state index contributed by atoms with van der Waals surface area (Å²) in [6.45, 7) is 0. The summed E-state index contributed by atoms with van der Waals surface area (Å²) >= 11 is 0. The van der Waals surface area contributed by atoms with Crippen molar-refractivity contribution in [1.29, 1.82) is 0 Å². The quantitative estimate of drug-likeness (QED) is 0.889. The van der Waals surface area contributed by atoms with Crippen molar-refractivity contribution in [2.45, 2.75) is 38.1 Å². The number of carbonyl (C=O) groups is 2. The Morgan fingerprint density at radius 2 is 2.05 bits per heavy atom. The molecule has 1 aliphatic carbocycles. The molecule has 108 valence electrons. The molecule has 0 spiro atoms. The number of nitrogens with zero attached hydrogens (tertiary/aromatic N) is 2. The van der Waals surface area contributed by atoms with Crippen LogP contribution in [0.5, 0.6) is 0 Å². The van der Waals surface area contributed by atoms with E-state index in [-0.39, 0.29) is 23.5 Å². The molecule has 6 heteroatoms. The lowest BCUT2D eigenvalue weighted by molar-refractivity contribution is 0.0691. The molecule has 0 aliphatic heterocycles. The predicted octanol–water partition coefficient (Wildman–Crippen LogP) is 2.58. The van der Waals surface area contributed by atoms with Crippen molar-refractivity contribution in [2.24, 2.45) is 0 Å². The van der Waals surface area contributed by atoms with Crippen LogP contribution >= 0.6 is 0 Å². The fraction of sp³-hybridized carbons (Fsp3) is 0.500. The number of hydrogen-bond donors (Lipinski definition) is 2. The lowest BCUT2D eigenvalue weighted by Crippen LogP contribution is -2.41. The first kappa shape index (κ1) is 14.3. The van der Waals surface area contributed by atoms with Gasteiger partial charge in [-0.15, -0.1) is 0 Å². The molecule has 2 amide bonds. The van der Waals surface area contributed by atoms with Gasteiger partial charge in [-0.2, -0.15) is 0 Å². The fourth-order valence-corrected chi connectivity index (χ4v) is 2.51. The van der Waals surface area contributed by atoms with Crippen molar-refractivity contribution in [2.75, 3.05) is 12.4 Å². The van der Waals surface area contributed by atoms with Crippen LogP contribution in [0.3, 0.4) is 0 Å². The Morgan fingerprint density at radius 1 is 1.35 bits per heavy atom. The maximum atomic E-state index is 12.2. The summed E-state index contributed by atoms with van der Waals surface area (Å²) in [5.74, 6) is -1.15. The molecule has 0 unspecified atom stereocenters. The average Bonchev–Trinajstić information content (AvgIpc) is 2.47. The summed E-state index contributed by atoms with van der Waals surface area (Å²) < 4.78 is 0. The van der Waals surface area contributed by atoms with Crippen molar-refractivity contribution in [3.8, 4) is 0 Å². The maximum absolute atomic E-state index is 12.2. The van der Waals surface area contributed by atoms with Crippen LogP contribution in [-0.4, -0.2) is 40.1 Å². The molecule has 1 heterocycles. The molecule has 20 heavy (non-hydrogen) atoms. The second kappa shape index (κ2) is 6.36. The molecule has 0 radical (unpaired) electrons. The van der Waals surface area contributed by atoms with Crippen molar-refractivity contribution >= 4 is 17.7 Å². The minimum absolute atomic E-state index is 0.141. The van der Waals surface area contributed by atoms with Crippen LogP contribution in [0.1, 0.15) is 42.6 Å². The SMILES string of the molecule is CN(C(=O)Nc1cccnc1C(=O)O)C1CCCCC1. The highest BCUT2D eigenvalue weighted by Crippen LogP contribution is 2.22. The van der Waals surface area contributed by atoms with Crippen molar-refractivity contribution in [3.05, 3.63) is 24.0 Å². The van der Waals surface area contributed by atoms with Crippen LogP contribution in [0.15, 0.2) is 18.3 Å². The molecule has 0 saturated heterocycles. The van der Waals surface area contributed by atoms with Gasteiger partial charge in [-0.1, -0.05) is 19.3 Å². The zero-order chi connectivity index (χ0) is 14.5. The van der Waals surface area contributed by atoms with E-state index in [0.717, 1.165) is 25.7 Å². The Kier molecular flexibility index (Phi) is 4.55. The highest BCUT2D eigenvalue weighted by Gasteiger charge is 2.23. The lowest BCUT2D eigenvalue weighted by Gasteiger charge is -2.31. The Balaban J connectivity index is 2.05. The molecular weight excluding hydrogens is 258 g/mol. The number of amides is 2. The first-order valence-electron chi connectivity index (χ1n) is 6.81. The standard InChI is InChI=1S/C14H19N3O3/c1-17(10-6-3-2-4-7-10)14(20)16-11-8-5-9-15-12(11)13(18)19/h5,8-10H,2-4,6-7H2,1H3,(H,16,20)(H,18,19). The van der Waals surface area contributed by atoms with Gasteiger partial charge in [-0.05, 0) is 25.0 Å². The van der Waals surface area contributed by atoms with Gasteiger partial charge in [0, 0.05) is 19.3 Å². The molecule has 1 aromatic rings. The van der Waals surface area contributed by atoms with Gasteiger partial charge in [0.1, 0.15) is 0 Å². The van der Waals surface area contributed by atoms with Gasteiger partial charge in [0.05, 0.1) is 5.69 Å². The fourth-order valence-electron chi connectivity index (χ4n) is 2.51. The summed E-state index contributed by atoms with van der Waals surface area (Å²) in [5, 5.41) is 11.7. The van der Waals surface area contributed by atoms with Crippen LogP contribution in [0.4, 0.5) is 10.5 Å². The number of urea groups is 1. The number of nitrogens with one attached hydrogen (secondary N) is 1. The van der Waals surface area contributed by atoms with E-state index in [9.17, 15) is 9.59 Å². The van der Waals surface area contributed by atoms with Crippen LogP contribution < -0.4 is 5.32 Å². The maximum Gasteiger partial charge on any atom is 0.356 e. The Hall–Kier alpha value is -2.11. The van der Waals surface area contributed by atoms with Crippen LogP contribution in [0, 0.1) is 0 Å². The molecular formula is C14H19N3O3. The van der Waals surface area contributed by atoms with Gasteiger partial charge in [0.25, 0.3) is 0 Å². The second-order valence-electron chi connectivity index (χ2n) is 5.04. The first-order chi connectivity index (χ1) is 9.59. The minimum Gasteiger partial charge on any atom is -0.476 e. The molecule has 1 aromatic heterocycles. The number of aromatic carboxylic acids is 1. The Morgan fingerprint density at radius 3 is 2.70 bits per heavy atom. The smallest absolute Gasteiger partial charge is 0.356 e. The van der Waals surface area contributed by atoms with Gasteiger partial charge < -0.3 is 15.3 Å². The minimum atomic E-state index is -1.15. The molecule has 2 rings (SSSR count). The Bertz CT molecular complexity index is 498. The molecule has 6 nitrogen and oxygen atoms in total. The zero-order valence-electron chi connectivity index (χ0n) is 11.5. The third kappa shape index (κ3) is 3.26. The molecule has 1 fully saturated rings. The van der Waals surface area contributed by atoms with E-state index in [2.05, 4.69) is 10.3 Å². The van der Waals surface area contributed by atoms with E-state index in [0.29, 0.717) is 0 Å². The molecule has 0 bridgehead atoms. The molecule has 1 aliphatic rings. The first-order valence-corrected chi connectivity index (χ1v) is 6.81. The topological polar surface area (TPSA) is 82.5 Å². The summed E-state index contributed by atoms with van der Waals surface area (Å²) in [4.78, 5) is 28.7. The van der Waals surface area contributed by atoms with E-state index in [1.165, 1.54) is 12.6 Å². The Labute approximate surface area is 117 Å². The summed E-state index contributed by atoms with van der Waals surface area (Å²) in [6, 6.07) is 3.09. The summed E-state index contributed by atoms with van der Waals surface area (Å²) in [7, 11) is 1.75. The third-order valence-electron chi connectivity index (χ3n) is 3.69. The number of carboxylic acids is 1. The second-order valence-corrected chi connectivity index (χ2v) is 5.04. The van der Waals surface area contributed by atoms with E-state index in [1.54, 1.807) is 24.1 Å². The number of rotatable bonds is 3. The van der Waals surface area contributed by atoms with Crippen LogP contribution in [-0.2, 0) is 0 Å². The van der Waals surface area contributed by atoms with E-state index < -0.39 is 5.97 Å². The predicted molar refractivity (Wildman–Crippen MR) is 74.9 cm³/mol. The molecule has 0 aromatic carbocycles. The normalized spacial score (nSPS) is 15.7. The summed E-state index contributed by atoms with van der Waals surface area (Å²) in [6.07, 6.45) is 6.89. The van der Waals surface area contributed by atoms with E-state index in [4.69, 9.17) is 5.11 Å².